The first-order chi connectivity index (χ1) is 10.7. The minimum atomic E-state index is -0.113. The van der Waals surface area contributed by atoms with Crippen molar-refractivity contribution in [2.75, 3.05) is 6.54 Å². The number of hydrogen-bond donors (Lipinski definition) is 2. The number of rotatable bonds is 7. The van der Waals surface area contributed by atoms with Crippen LogP contribution in [-0.4, -0.2) is 18.5 Å². The van der Waals surface area contributed by atoms with E-state index >= 15 is 0 Å². The second-order valence-electron chi connectivity index (χ2n) is 5.93. The molecule has 1 heterocycles. The molecule has 22 heavy (non-hydrogen) atoms. The predicted octanol–water partition coefficient (Wildman–Crippen LogP) is 2.87. The Kier molecular flexibility index (Phi) is 4.59. The molecule has 0 aliphatic heterocycles. The van der Waals surface area contributed by atoms with Gasteiger partial charge in [-0.05, 0) is 43.4 Å². The molecule has 0 radical (unpaired) electrons. The topological polar surface area (TPSA) is 54.3 Å². The summed E-state index contributed by atoms with van der Waals surface area (Å²) in [6, 6.07) is 14.0. The quantitative estimate of drug-likeness (QED) is 0.826. The molecule has 1 saturated carbocycles. The van der Waals surface area contributed by atoms with Gasteiger partial charge in [0.25, 0.3) is 0 Å². The molecule has 0 saturated heterocycles. The van der Waals surface area contributed by atoms with E-state index in [1.54, 1.807) is 6.26 Å². The number of nitrogens with one attached hydrogen (secondary N) is 2. The van der Waals surface area contributed by atoms with Crippen molar-refractivity contribution in [2.45, 2.75) is 31.8 Å². The van der Waals surface area contributed by atoms with Crippen molar-refractivity contribution in [3.05, 3.63) is 60.1 Å². The molecule has 1 aliphatic rings. The third-order valence-electron chi connectivity index (χ3n) is 4.15. The molecular formula is C18H22N2O2. The van der Waals surface area contributed by atoms with E-state index in [9.17, 15) is 4.79 Å². The van der Waals surface area contributed by atoms with E-state index in [0.717, 1.165) is 11.3 Å². The summed E-state index contributed by atoms with van der Waals surface area (Å²) in [7, 11) is 0. The van der Waals surface area contributed by atoms with Crippen LogP contribution in [0.25, 0.3) is 0 Å². The Bertz CT molecular complexity index is 591. The molecular weight excluding hydrogens is 276 g/mol. The van der Waals surface area contributed by atoms with Crippen LogP contribution in [0.15, 0.2) is 53.1 Å². The number of furan rings is 1. The lowest BCUT2D eigenvalue weighted by molar-refractivity contribution is -0.121. The molecule has 0 bridgehead atoms. The molecule has 0 spiro atoms. The highest BCUT2D eigenvalue weighted by molar-refractivity contribution is 5.78. The van der Waals surface area contributed by atoms with Crippen LogP contribution in [0, 0.1) is 5.92 Å². The van der Waals surface area contributed by atoms with Gasteiger partial charge in [0.05, 0.1) is 18.8 Å². The second-order valence-corrected chi connectivity index (χ2v) is 5.93. The standard InChI is InChI=1S/C18H22N2O2/c1-13(14-9-10-14)20-17(21)12-19-18(16-8-5-11-22-16)15-6-3-2-4-7-15/h2-8,11,13-14,18-19H,9-10,12H2,1H3,(H,20,21)/t13-,18-/m1/s1. The van der Waals surface area contributed by atoms with E-state index in [-0.39, 0.29) is 24.5 Å². The van der Waals surface area contributed by atoms with Crippen LogP contribution < -0.4 is 10.6 Å². The molecule has 3 rings (SSSR count). The van der Waals surface area contributed by atoms with Gasteiger partial charge >= 0.3 is 0 Å². The zero-order valence-electron chi connectivity index (χ0n) is 12.8. The highest BCUT2D eigenvalue weighted by Crippen LogP contribution is 2.32. The lowest BCUT2D eigenvalue weighted by atomic mass is 10.0. The van der Waals surface area contributed by atoms with Crippen LogP contribution in [0.1, 0.15) is 37.1 Å². The molecule has 116 valence electrons. The summed E-state index contributed by atoms with van der Waals surface area (Å²) in [6.45, 7) is 2.36. The molecule has 1 fully saturated rings. The van der Waals surface area contributed by atoms with Crippen LogP contribution in [0.3, 0.4) is 0 Å². The van der Waals surface area contributed by atoms with E-state index in [0.29, 0.717) is 5.92 Å². The third-order valence-corrected chi connectivity index (χ3v) is 4.15. The summed E-state index contributed by atoms with van der Waals surface area (Å²) in [5, 5.41) is 6.36. The first-order valence-corrected chi connectivity index (χ1v) is 7.85. The molecule has 2 aromatic rings. The summed E-state index contributed by atoms with van der Waals surface area (Å²) in [6.07, 6.45) is 4.12. The lowest BCUT2D eigenvalue weighted by Gasteiger charge is -2.18. The normalized spacial score (nSPS) is 17.0. The zero-order chi connectivity index (χ0) is 15.4. The van der Waals surface area contributed by atoms with Gasteiger partial charge in [-0.25, -0.2) is 0 Å². The maximum Gasteiger partial charge on any atom is 0.234 e. The highest BCUT2D eigenvalue weighted by atomic mass is 16.3. The monoisotopic (exact) mass is 298 g/mol. The average molecular weight is 298 g/mol. The smallest absolute Gasteiger partial charge is 0.234 e. The minimum Gasteiger partial charge on any atom is -0.467 e. The Labute approximate surface area is 130 Å². The fourth-order valence-corrected chi connectivity index (χ4v) is 2.70. The summed E-state index contributed by atoms with van der Waals surface area (Å²) in [5.41, 5.74) is 1.08. The summed E-state index contributed by atoms with van der Waals surface area (Å²) in [5.74, 6) is 1.51. The van der Waals surface area contributed by atoms with Crippen molar-refractivity contribution in [1.29, 1.82) is 0 Å². The summed E-state index contributed by atoms with van der Waals surface area (Å²) in [4.78, 5) is 12.1. The van der Waals surface area contributed by atoms with E-state index in [1.165, 1.54) is 12.8 Å². The van der Waals surface area contributed by atoms with Crippen LogP contribution in [0.4, 0.5) is 0 Å². The minimum absolute atomic E-state index is 0.0342. The average Bonchev–Trinajstić information content (AvgIpc) is 3.25. The van der Waals surface area contributed by atoms with E-state index < -0.39 is 0 Å². The van der Waals surface area contributed by atoms with Crippen LogP contribution in [0.5, 0.6) is 0 Å². The van der Waals surface area contributed by atoms with Crippen molar-refractivity contribution >= 4 is 5.91 Å². The molecule has 0 unspecified atom stereocenters. The number of amides is 1. The Hall–Kier alpha value is -2.07. The number of carbonyl (C=O) groups is 1. The summed E-state index contributed by atoms with van der Waals surface area (Å²) < 4.78 is 5.52. The largest absolute Gasteiger partial charge is 0.467 e. The maximum absolute atomic E-state index is 12.1. The Morgan fingerprint density at radius 2 is 2.00 bits per heavy atom. The van der Waals surface area contributed by atoms with E-state index in [2.05, 4.69) is 17.6 Å². The molecule has 1 aliphatic carbocycles. The number of carbonyl (C=O) groups excluding carboxylic acids is 1. The maximum atomic E-state index is 12.1. The van der Waals surface area contributed by atoms with Gasteiger partial charge in [0.15, 0.2) is 0 Å². The third kappa shape index (κ3) is 3.77. The Morgan fingerprint density at radius 3 is 2.64 bits per heavy atom. The summed E-state index contributed by atoms with van der Waals surface area (Å²) >= 11 is 0. The van der Waals surface area contributed by atoms with Gasteiger partial charge in [-0.1, -0.05) is 30.3 Å². The van der Waals surface area contributed by atoms with Crippen molar-refractivity contribution in [3.63, 3.8) is 0 Å². The van der Waals surface area contributed by atoms with Gasteiger partial charge in [0, 0.05) is 6.04 Å². The van der Waals surface area contributed by atoms with Crippen molar-refractivity contribution in [1.82, 2.24) is 10.6 Å². The number of hydrogen-bond acceptors (Lipinski definition) is 3. The Morgan fingerprint density at radius 1 is 1.23 bits per heavy atom. The van der Waals surface area contributed by atoms with Gasteiger partial charge in [0.1, 0.15) is 5.76 Å². The van der Waals surface area contributed by atoms with Crippen molar-refractivity contribution < 1.29 is 9.21 Å². The van der Waals surface area contributed by atoms with E-state index in [1.807, 2.05) is 42.5 Å². The Balaban J connectivity index is 1.62. The van der Waals surface area contributed by atoms with Crippen LogP contribution in [0.2, 0.25) is 0 Å². The predicted molar refractivity (Wildman–Crippen MR) is 85.3 cm³/mol. The van der Waals surface area contributed by atoms with Crippen molar-refractivity contribution in [2.24, 2.45) is 5.92 Å². The van der Waals surface area contributed by atoms with Gasteiger partial charge < -0.3 is 9.73 Å². The SMILES string of the molecule is C[C@@H](NC(=O)CN[C@H](c1ccccc1)c1ccco1)C1CC1. The molecule has 4 nitrogen and oxygen atoms in total. The fraction of sp³-hybridized carbons (Fsp3) is 0.389. The molecule has 1 aromatic heterocycles. The molecule has 4 heteroatoms. The highest BCUT2D eigenvalue weighted by Gasteiger charge is 2.29. The van der Waals surface area contributed by atoms with Crippen LogP contribution in [-0.2, 0) is 4.79 Å². The lowest BCUT2D eigenvalue weighted by Crippen LogP contribution is -2.41. The molecule has 1 aromatic carbocycles. The van der Waals surface area contributed by atoms with Gasteiger partial charge in [-0.2, -0.15) is 0 Å². The van der Waals surface area contributed by atoms with Gasteiger partial charge in [-0.15, -0.1) is 0 Å². The van der Waals surface area contributed by atoms with Gasteiger partial charge in [0.2, 0.25) is 5.91 Å². The van der Waals surface area contributed by atoms with E-state index in [4.69, 9.17) is 4.42 Å². The molecule has 2 N–H and O–H groups in total. The molecule has 1 amide bonds. The van der Waals surface area contributed by atoms with Crippen molar-refractivity contribution in [3.8, 4) is 0 Å². The second kappa shape index (κ2) is 6.79. The zero-order valence-corrected chi connectivity index (χ0v) is 12.8. The van der Waals surface area contributed by atoms with Gasteiger partial charge in [-0.3, -0.25) is 10.1 Å². The first kappa shape index (κ1) is 14.9. The van der Waals surface area contributed by atoms with Crippen LogP contribution >= 0.6 is 0 Å². The first-order valence-electron chi connectivity index (χ1n) is 7.85. The fourth-order valence-electron chi connectivity index (χ4n) is 2.70. The number of benzene rings is 1. The molecule has 2 atom stereocenters.